The number of rotatable bonds is 5. The molecule has 7 rings (SSSR count). The van der Waals surface area contributed by atoms with Gasteiger partial charge in [0.15, 0.2) is 0 Å². The van der Waals surface area contributed by atoms with E-state index < -0.39 is 6.04 Å². The average molecular weight is 461 g/mol. The van der Waals surface area contributed by atoms with E-state index in [1.807, 2.05) is 37.3 Å². The van der Waals surface area contributed by atoms with Crippen LogP contribution in [0.4, 0.5) is 5.69 Å². The molecule has 0 unspecified atom stereocenters. The number of halogens is 1. The van der Waals surface area contributed by atoms with Crippen molar-refractivity contribution in [3.8, 4) is 0 Å². The second kappa shape index (κ2) is 7.56. The van der Waals surface area contributed by atoms with Gasteiger partial charge in [0.1, 0.15) is 6.04 Å². The first-order valence-electron chi connectivity index (χ1n) is 11.6. The smallest absolute Gasteiger partial charge is 0.248 e. The number of hydrogen-bond acceptors (Lipinski definition) is 3. The Morgan fingerprint density at radius 1 is 1.00 bits per heavy atom. The highest BCUT2D eigenvalue weighted by atomic mass is 35.5. The van der Waals surface area contributed by atoms with Gasteiger partial charge < -0.3 is 5.32 Å². The van der Waals surface area contributed by atoms with Crippen LogP contribution in [0.3, 0.4) is 0 Å². The van der Waals surface area contributed by atoms with E-state index >= 15 is 0 Å². The molecule has 0 spiro atoms. The van der Waals surface area contributed by atoms with Crippen molar-refractivity contribution in [2.75, 3.05) is 5.32 Å². The van der Waals surface area contributed by atoms with E-state index in [1.54, 1.807) is 18.2 Å². The van der Waals surface area contributed by atoms with Gasteiger partial charge in [0.05, 0.1) is 11.8 Å². The maximum Gasteiger partial charge on any atom is 0.248 e. The third-order valence-electron chi connectivity index (χ3n) is 8.11. The second-order valence-corrected chi connectivity index (χ2v) is 10.2. The van der Waals surface area contributed by atoms with Crippen LogP contribution in [0.2, 0.25) is 5.02 Å². The molecule has 5 aliphatic rings. The summed E-state index contributed by atoms with van der Waals surface area (Å²) in [5.41, 5.74) is 2.24. The van der Waals surface area contributed by atoms with Crippen molar-refractivity contribution in [2.24, 2.45) is 35.5 Å². The van der Waals surface area contributed by atoms with E-state index in [0.717, 1.165) is 17.5 Å². The summed E-state index contributed by atoms with van der Waals surface area (Å²) in [7, 11) is 0. The van der Waals surface area contributed by atoms with Gasteiger partial charge in [-0.15, -0.1) is 0 Å². The van der Waals surface area contributed by atoms with E-state index in [-0.39, 0.29) is 47.8 Å². The highest BCUT2D eigenvalue weighted by molar-refractivity contribution is 6.31. The van der Waals surface area contributed by atoms with Crippen LogP contribution in [0.5, 0.6) is 0 Å². The summed E-state index contributed by atoms with van der Waals surface area (Å²) in [4.78, 5) is 42.3. The summed E-state index contributed by atoms with van der Waals surface area (Å²) in [6, 6.07) is 14.0. The van der Waals surface area contributed by atoms with Crippen molar-refractivity contribution >= 4 is 35.0 Å². The van der Waals surface area contributed by atoms with Crippen molar-refractivity contribution in [1.29, 1.82) is 0 Å². The minimum absolute atomic E-state index is 0.127. The highest BCUT2D eigenvalue weighted by Crippen LogP contribution is 2.65. The lowest BCUT2D eigenvalue weighted by Crippen LogP contribution is -2.49. The first-order chi connectivity index (χ1) is 16.0. The summed E-state index contributed by atoms with van der Waals surface area (Å²) in [5, 5.41) is 3.49. The van der Waals surface area contributed by atoms with Gasteiger partial charge in [0, 0.05) is 17.1 Å². The largest absolute Gasteiger partial charge is 0.324 e. The molecular weight excluding hydrogens is 436 g/mol. The van der Waals surface area contributed by atoms with Crippen molar-refractivity contribution in [1.82, 2.24) is 4.90 Å². The number of nitrogens with zero attached hydrogens (tertiary/aromatic N) is 1. The number of imide groups is 1. The summed E-state index contributed by atoms with van der Waals surface area (Å²) >= 11 is 6.24. The molecule has 3 fully saturated rings. The molecule has 1 heterocycles. The molecule has 33 heavy (non-hydrogen) atoms. The fourth-order valence-electron chi connectivity index (χ4n) is 6.38. The zero-order chi connectivity index (χ0) is 22.9. The van der Waals surface area contributed by atoms with Crippen LogP contribution in [0.15, 0.2) is 60.7 Å². The normalized spacial score (nSPS) is 31.9. The van der Waals surface area contributed by atoms with Crippen LogP contribution in [-0.2, 0) is 20.8 Å². The Morgan fingerprint density at radius 2 is 1.64 bits per heavy atom. The number of carbonyl (C=O) groups is 3. The third kappa shape index (κ3) is 3.17. The van der Waals surface area contributed by atoms with Gasteiger partial charge in [-0.3, -0.25) is 19.3 Å². The van der Waals surface area contributed by atoms with Crippen LogP contribution in [0.25, 0.3) is 0 Å². The predicted octanol–water partition coefficient (Wildman–Crippen LogP) is 4.25. The van der Waals surface area contributed by atoms with Crippen molar-refractivity contribution in [2.45, 2.75) is 25.8 Å². The van der Waals surface area contributed by atoms with Gasteiger partial charge in [0.2, 0.25) is 17.7 Å². The molecule has 1 saturated heterocycles. The van der Waals surface area contributed by atoms with Gasteiger partial charge in [-0.05, 0) is 60.3 Å². The fraction of sp³-hybridized carbons (Fsp3) is 0.370. The molecule has 7 atom stereocenters. The van der Waals surface area contributed by atoms with Gasteiger partial charge in [0.25, 0.3) is 0 Å². The average Bonchev–Trinajstić information content (AvgIpc) is 3.60. The summed E-state index contributed by atoms with van der Waals surface area (Å²) in [5.74, 6) is -0.0891. The van der Waals surface area contributed by atoms with Gasteiger partial charge in [-0.2, -0.15) is 0 Å². The second-order valence-electron chi connectivity index (χ2n) is 9.81. The molecule has 4 aliphatic carbocycles. The number of carbonyl (C=O) groups excluding carboxylic acids is 3. The number of nitrogens with one attached hydrogen (secondary N) is 1. The van der Waals surface area contributed by atoms with Crippen molar-refractivity contribution in [3.05, 3.63) is 76.8 Å². The fourth-order valence-corrected chi connectivity index (χ4v) is 6.56. The maximum absolute atomic E-state index is 13.7. The van der Waals surface area contributed by atoms with Gasteiger partial charge in [-0.1, -0.05) is 60.2 Å². The molecule has 2 bridgehead atoms. The first kappa shape index (κ1) is 20.7. The summed E-state index contributed by atoms with van der Waals surface area (Å²) < 4.78 is 0. The van der Waals surface area contributed by atoms with Crippen LogP contribution in [0, 0.1) is 42.4 Å². The SMILES string of the molecule is Cc1c(Cl)cccc1NC(=O)[C@@H](Cc1ccccc1)N1C(=O)[C@@H]2[C@@H]3C=C[C@H]([C@H]4C[C@H]34)[C@@H]2C1=O. The standard InChI is InChI=1S/C27H25ClN2O3/c1-14-20(28)8-5-9-21(14)29-25(31)22(12-15-6-3-2-4-7-15)30-26(32)23-16-10-11-17(19-13-18(16)19)24(23)27(30)33/h2-11,16-19,22-24H,12-13H2,1H3,(H,29,31)/t16-,17-,18-,19-,22-,23-,24+/m1/s1. The molecule has 1 N–H and O–H groups in total. The molecule has 168 valence electrons. The number of amides is 3. The van der Waals surface area contributed by atoms with Gasteiger partial charge >= 0.3 is 0 Å². The minimum atomic E-state index is -0.910. The van der Waals surface area contributed by atoms with E-state index in [0.29, 0.717) is 22.5 Å². The van der Waals surface area contributed by atoms with Crippen LogP contribution in [0.1, 0.15) is 17.5 Å². The summed E-state index contributed by atoms with van der Waals surface area (Å²) in [6.45, 7) is 1.83. The third-order valence-corrected chi connectivity index (χ3v) is 8.52. The quantitative estimate of drug-likeness (QED) is 0.535. The molecule has 6 heteroatoms. The van der Waals surface area contributed by atoms with E-state index in [1.165, 1.54) is 4.90 Å². The Kier molecular flexibility index (Phi) is 4.73. The molecule has 0 radical (unpaired) electrons. The molecule has 2 aromatic rings. The lowest BCUT2D eigenvalue weighted by molar-refractivity contribution is -0.146. The molecule has 1 aliphatic heterocycles. The predicted molar refractivity (Wildman–Crippen MR) is 125 cm³/mol. The molecule has 5 nitrogen and oxygen atoms in total. The number of anilines is 1. The van der Waals surface area contributed by atoms with Gasteiger partial charge in [-0.25, -0.2) is 0 Å². The Bertz CT molecular complexity index is 1160. The number of benzene rings is 2. The lowest BCUT2D eigenvalue weighted by Gasteiger charge is -2.37. The Morgan fingerprint density at radius 3 is 2.27 bits per heavy atom. The van der Waals surface area contributed by atoms with E-state index in [2.05, 4.69) is 17.5 Å². The Hall–Kier alpha value is -2.92. The highest BCUT2D eigenvalue weighted by Gasteiger charge is 2.67. The minimum Gasteiger partial charge on any atom is -0.324 e. The first-order valence-corrected chi connectivity index (χ1v) is 12.0. The van der Waals surface area contributed by atoms with Crippen molar-refractivity contribution < 1.29 is 14.4 Å². The molecule has 0 aromatic heterocycles. The van der Waals surface area contributed by atoms with Crippen LogP contribution >= 0.6 is 11.6 Å². The zero-order valence-corrected chi connectivity index (χ0v) is 19.0. The van der Waals surface area contributed by atoms with Crippen LogP contribution in [-0.4, -0.2) is 28.7 Å². The number of likely N-dealkylation sites (tertiary alicyclic amines) is 1. The number of hydrogen-bond donors (Lipinski definition) is 1. The molecule has 2 aromatic carbocycles. The maximum atomic E-state index is 13.7. The molecule has 3 amide bonds. The summed E-state index contributed by atoms with van der Waals surface area (Å²) in [6.07, 6.45) is 5.68. The zero-order valence-electron chi connectivity index (χ0n) is 18.3. The number of allylic oxidation sites excluding steroid dienone is 2. The monoisotopic (exact) mass is 460 g/mol. The van der Waals surface area contributed by atoms with Crippen LogP contribution < -0.4 is 5.32 Å². The molecule has 2 saturated carbocycles. The Labute approximate surface area is 197 Å². The molecular formula is C27H25ClN2O3. The lowest BCUT2D eigenvalue weighted by atomic mass is 9.63. The topological polar surface area (TPSA) is 66.5 Å². The van der Waals surface area contributed by atoms with Crippen molar-refractivity contribution in [3.63, 3.8) is 0 Å². The van der Waals surface area contributed by atoms with E-state index in [4.69, 9.17) is 11.6 Å². The van der Waals surface area contributed by atoms with E-state index in [9.17, 15) is 14.4 Å². The Balaban J connectivity index is 1.34.